The average molecular weight is 273 g/mol. The van der Waals surface area contributed by atoms with Crippen LogP contribution < -0.4 is 0 Å². The number of nitrogens with zero attached hydrogens (tertiary/aromatic N) is 1. The van der Waals surface area contributed by atoms with Crippen LogP contribution in [0, 0.1) is 5.92 Å². The fraction of sp³-hybridized carbons (Fsp3) is 0.750. The van der Waals surface area contributed by atoms with Crippen molar-refractivity contribution >= 4 is 18.0 Å². The molecule has 0 saturated carbocycles. The fourth-order valence-electron chi connectivity index (χ4n) is 1.90. The van der Waals surface area contributed by atoms with E-state index in [1.807, 2.05) is 0 Å². The number of hydrogen-bond donors (Lipinski definition) is 1. The lowest BCUT2D eigenvalue weighted by atomic mass is 10.1. The first-order chi connectivity index (χ1) is 8.65. The molecule has 0 bridgehead atoms. The second-order valence-electron chi connectivity index (χ2n) is 5.44. The first-order valence-electron chi connectivity index (χ1n) is 5.96. The summed E-state index contributed by atoms with van der Waals surface area (Å²) in [6, 6.07) is -0.902. The van der Waals surface area contributed by atoms with Gasteiger partial charge >= 0.3 is 18.0 Å². The van der Waals surface area contributed by atoms with Crippen LogP contribution in [0.4, 0.5) is 4.79 Å². The van der Waals surface area contributed by atoms with Crippen LogP contribution in [-0.2, 0) is 19.1 Å². The van der Waals surface area contributed by atoms with Gasteiger partial charge < -0.3 is 14.6 Å². The molecule has 0 spiro atoms. The Morgan fingerprint density at radius 2 is 1.84 bits per heavy atom. The molecule has 0 aromatic heterocycles. The van der Waals surface area contributed by atoms with Crippen molar-refractivity contribution in [3.63, 3.8) is 0 Å². The van der Waals surface area contributed by atoms with E-state index in [4.69, 9.17) is 9.84 Å². The van der Waals surface area contributed by atoms with Crippen molar-refractivity contribution in [2.24, 2.45) is 5.92 Å². The number of esters is 1. The number of carbonyl (C=O) groups excluding carboxylic acids is 2. The molecule has 1 aliphatic heterocycles. The van der Waals surface area contributed by atoms with Crippen LogP contribution in [-0.4, -0.2) is 53.3 Å². The summed E-state index contributed by atoms with van der Waals surface area (Å²) in [5.41, 5.74) is -0.709. The van der Waals surface area contributed by atoms with Crippen molar-refractivity contribution in [3.8, 4) is 0 Å². The Bertz CT molecular complexity index is 386. The smallest absolute Gasteiger partial charge is 0.411 e. The predicted molar refractivity (Wildman–Crippen MR) is 64.5 cm³/mol. The molecule has 1 unspecified atom stereocenters. The van der Waals surface area contributed by atoms with E-state index in [0.29, 0.717) is 0 Å². The van der Waals surface area contributed by atoms with E-state index in [-0.39, 0.29) is 13.0 Å². The zero-order chi connectivity index (χ0) is 14.8. The minimum atomic E-state index is -1.04. The number of hydrogen-bond acceptors (Lipinski definition) is 5. The Labute approximate surface area is 111 Å². The van der Waals surface area contributed by atoms with E-state index in [0.717, 1.165) is 4.90 Å². The molecule has 1 N–H and O–H groups in total. The van der Waals surface area contributed by atoms with Gasteiger partial charge in [-0.05, 0) is 27.2 Å². The predicted octanol–water partition coefficient (Wildman–Crippen LogP) is 0.870. The molecule has 1 rings (SSSR count). The van der Waals surface area contributed by atoms with Crippen molar-refractivity contribution in [3.05, 3.63) is 0 Å². The monoisotopic (exact) mass is 273 g/mol. The molecule has 0 aromatic rings. The molecule has 0 aliphatic carbocycles. The van der Waals surface area contributed by atoms with Crippen molar-refractivity contribution in [1.29, 1.82) is 0 Å². The minimum Gasteiger partial charge on any atom is -0.481 e. The number of carboxylic acids is 1. The standard InChI is InChI=1S/C12H19NO6/c1-12(2,3)19-11(17)13-6-7(9(14)15)5-8(13)10(16)18-4/h7-8H,5-6H2,1-4H3,(H,14,15)/t7-,8?/m0/s1. The van der Waals surface area contributed by atoms with Gasteiger partial charge in [0.15, 0.2) is 0 Å². The van der Waals surface area contributed by atoms with E-state index < -0.39 is 35.6 Å². The molecule has 7 heteroatoms. The van der Waals surface area contributed by atoms with Crippen molar-refractivity contribution < 1.29 is 29.0 Å². The lowest BCUT2D eigenvalue weighted by molar-refractivity contribution is -0.145. The number of ether oxygens (including phenoxy) is 2. The van der Waals surface area contributed by atoms with E-state index >= 15 is 0 Å². The van der Waals surface area contributed by atoms with Gasteiger partial charge in [-0.2, -0.15) is 0 Å². The average Bonchev–Trinajstić information content (AvgIpc) is 2.70. The highest BCUT2D eigenvalue weighted by Gasteiger charge is 2.44. The molecule has 0 aromatic carbocycles. The summed E-state index contributed by atoms with van der Waals surface area (Å²) in [6.45, 7) is 5.04. The summed E-state index contributed by atoms with van der Waals surface area (Å²) in [7, 11) is 1.20. The summed E-state index contributed by atoms with van der Waals surface area (Å²) < 4.78 is 9.75. The largest absolute Gasteiger partial charge is 0.481 e. The summed E-state index contributed by atoms with van der Waals surface area (Å²) >= 11 is 0. The summed E-state index contributed by atoms with van der Waals surface area (Å²) in [6.07, 6.45) is -0.659. The molecule has 1 aliphatic rings. The number of methoxy groups -OCH3 is 1. The minimum absolute atomic E-state index is 0.0429. The third-order valence-electron chi connectivity index (χ3n) is 2.75. The third-order valence-corrected chi connectivity index (χ3v) is 2.75. The lowest BCUT2D eigenvalue weighted by Gasteiger charge is -2.27. The maximum absolute atomic E-state index is 12.0. The van der Waals surface area contributed by atoms with E-state index in [9.17, 15) is 14.4 Å². The maximum atomic E-state index is 12.0. The molecule has 7 nitrogen and oxygen atoms in total. The Hall–Kier alpha value is -1.79. The number of amides is 1. The molecule has 2 atom stereocenters. The number of rotatable bonds is 2. The molecule has 1 fully saturated rings. The molecule has 19 heavy (non-hydrogen) atoms. The van der Waals surface area contributed by atoms with Gasteiger partial charge in [-0.25, -0.2) is 9.59 Å². The van der Waals surface area contributed by atoms with Crippen molar-refractivity contribution in [2.45, 2.75) is 38.8 Å². The Balaban J connectivity index is 2.85. The summed E-state index contributed by atoms with van der Waals surface area (Å²) in [5.74, 6) is -2.45. The van der Waals surface area contributed by atoms with Crippen LogP contribution in [0.25, 0.3) is 0 Å². The third kappa shape index (κ3) is 3.84. The highest BCUT2D eigenvalue weighted by molar-refractivity contribution is 5.84. The first-order valence-corrected chi connectivity index (χ1v) is 5.96. The van der Waals surface area contributed by atoms with Gasteiger partial charge in [-0.3, -0.25) is 9.69 Å². The molecule has 1 heterocycles. The first kappa shape index (κ1) is 15.3. The van der Waals surface area contributed by atoms with Gasteiger partial charge in [0, 0.05) is 6.54 Å². The second-order valence-corrected chi connectivity index (χ2v) is 5.44. The SMILES string of the molecule is COC(=O)C1C[C@H](C(=O)O)CN1C(=O)OC(C)(C)C. The second kappa shape index (κ2) is 5.46. The van der Waals surface area contributed by atoms with Crippen LogP contribution in [0.1, 0.15) is 27.2 Å². The van der Waals surface area contributed by atoms with Gasteiger partial charge in [0.05, 0.1) is 13.0 Å². The van der Waals surface area contributed by atoms with E-state index in [1.165, 1.54) is 7.11 Å². The number of aliphatic carboxylic acids is 1. The van der Waals surface area contributed by atoms with Gasteiger partial charge in [-0.1, -0.05) is 0 Å². The molecule has 1 saturated heterocycles. The summed E-state index contributed by atoms with van der Waals surface area (Å²) in [4.78, 5) is 35.7. The number of carbonyl (C=O) groups is 3. The topological polar surface area (TPSA) is 93.1 Å². The highest BCUT2D eigenvalue weighted by atomic mass is 16.6. The Kier molecular flexibility index (Phi) is 4.39. The van der Waals surface area contributed by atoms with Crippen LogP contribution in [0.15, 0.2) is 0 Å². The van der Waals surface area contributed by atoms with E-state index in [2.05, 4.69) is 4.74 Å². The van der Waals surface area contributed by atoms with Gasteiger partial charge in [0.25, 0.3) is 0 Å². The van der Waals surface area contributed by atoms with Crippen LogP contribution in [0.3, 0.4) is 0 Å². The van der Waals surface area contributed by atoms with Crippen molar-refractivity contribution in [1.82, 2.24) is 4.90 Å². The zero-order valence-corrected chi connectivity index (χ0v) is 11.5. The zero-order valence-electron chi connectivity index (χ0n) is 11.5. The normalized spacial score (nSPS) is 23.1. The van der Waals surface area contributed by atoms with E-state index in [1.54, 1.807) is 20.8 Å². The Morgan fingerprint density at radius 3 is 2.26 bits per heavy atom. The molecule has 1 amide bonds. The molecular weight excluding hydrogens is 254 g/mol. The summed E-state index contributed by atoms with van der Waals surface area (Å²) in [5, 5.41) is 8.99. The van der Waals surface area contributed by atoms with Gasteiger partial charge in [0.1, 0.15) is 11.6 Å². The van der Waals surface area contributed by atoms with Crippen LogP contribution in [0.5, 0.6) is 0 Å². The van der Waals surface area contributed by atoms with Crippen LogP contribution >= 0.6 is 0 Å². The highest BCUT2D eigenvalue weighted by Crippen LogP contribution is 2.26. The van der Waals surface area contributed by atoms with Gasteiger partial charge in [-0.15, -0.1) is 0 Å². The molecular formula is C12H19NO6. The Morgan fingerprint density at radius 1 is 1.26 bits per heavy atom. The molecule has 0 radical (unpaired) electrons. The molecule has 108 valence electrons. The van der Waals surface area contributed by atoms with Gasteiger partial charge in [0.2, 0.25) is 0 Å². The maximum Gasteiger partial charge on any atom is 0.411 e. The quantitative estimate of drug-likeness (QED) is 0.750. The number of carboxylic acid groups (broad SMARTS) is 1. The van der Waals surface area contributed by atoms with Crippen LogP contribution in [0.2, 0.25) is 0 Å². The lowest BCUT2D eigenvalue weighted by Crippen LogP contribution is -2.43. The fourth-order valence-corrected chi connectivity index (χ4v) is 1.90. The van der Waals surface area contributed by atoms with Crippen molar-refractivity contribution in [2.75, 3.05) is 13.7 Å². The number of likely N-dealkylation sites (tertiary alicyclic amines) is 1.